The number of benzene rings is 18. The van der Waals surface area contributed by atoms with Crippen molar-refractivity contribution >= 4 is 297 Å². The number of ether oxygens (including phenoxy) is 1. The van der Waals surface area contributed by atoms with Crippen LogP contribution in [0.5, 0.6) is 0 Å². The van der Waals surface area contributed by atoms with Gasteiger partial charge in [0.05, 0.1) is 19.1 Å². The Labute approximate surface area is 393 Å². The zero-order valence-electron chi connectivity index (χ0n) is 37.7. The number of esters is 1. The lowest BCUT2D eigenvalue weighted by Crippen LogP contribution is -2.47. The van der Waals surface area contributed by atoms with Crippen molar-refractivity contribution in [3.05, 3.63) is 22.3 Å². The molecule has 0 unspecified atom stereocenters. The van der Waals surface area contributed by atoms with Crippen LogP contribution in [0.15, 0.2) is 0 Å². The van der Waals surface area contributed by atoms with Gasteiger partial charge in [-0.2, -0.15) is 0 Å². The van der Waals surface area contributed by atoms with Crippen LogP contribution < -0.4 is 0 Å². The van der Waals surface area contributed by atoms with Crippen LogP contribution in [-0.2, 0) is 20.4 Å². The quantitative estimate of drug-likeness (QED) is 0.141. The molecule has 0 atom stereocenters. The van der Waals surface area contributed by atoms with Crippen LogP contribution >= 0.6 is 0 Å². The summed E-state index contributed by atoms with van der Waals surface area (Å²) >= 11 is 0. The lowest BCUT2D eigenvalue weighted by atomic mass is 9.50. The molecule has 33 rings (SSSR count). The Kier molecular flexibility index (Phi) is 2.47. The van der Waals surface area contributed by atoms with Gasteiger partial charge in [-0.15, -0.1) is 0 Å². The second-order valence-electron chi connectivity index (χ2n) is 27.6. The highest BCUT2D eigenvalue weighted by Gasteiger charge is 2.73. The van der Waals surface area contributed by atoms with E-state index in [1.54, 1.807) is 313 Å². The molecular formula is C69H16O3. The molecule has 28 aromatic carbocycles. The number of carbonyl (C=O) groups is 1. The van der Waals surface area contributed by atoms with Crippen molar-refractivity contribution in [2.45, 2.75) is 37.5 Å². The standard InChI is InChI=1S/C69H16O3/c1-67(2,5-70)6-72-66(71)7-3-68-62-54-46-36-26-18-10-8-9-12-16-14(10)22-30-24(16)34-28-20(12)21-13(9)17-15-11(8)19(18)27-33-23(15)31-25(17)35-29(21)39-38(28)48-42(34)52-44(30)50(40(46)32(22)26)58(62)60(52)64-56(48)57-49(39)43(35)53-45(31)51-41(33)47(37(27)36)55(54)63(68)59(51)61(53)65(57)69(64,68)4-7/h7,70H,3-6H2,1-2H3. The van der Waals surface area contributed by atoms with E-state index in [2.05, 4.69) is 0 Å². The molecule has 2 spiro atoms. The molecule has 3 nitrogen and oxygen atoms in total. The second kappa shape index (κ2) is 6.34. The third kappa shape index (κ3) is 1.53. The Bertz CT molecular complexity index is 6690. The minimum absolute atomic E-state index is 0.0137. The van der Waals surface area contributed by atoms with Gasteiger partial charge in [0.25, 0.3) is 0 Å². The summed E-state index contributed by atoms with van der Waals surface area (Å²) in [4.78, 5) is 15.6. The lowest BCUT2D eigenvalue weighted by Gasteiger charge is -2.50. The summed E-state index contributed by atoms with van der Waals surface area (Å²) in [5, 5.41) is 97.1. The van der Waals surface area contributed by atoms with E-state index in [1.807, 2.05) is 13.8 Å². The Hall–Kier alpha value is -8.11. The van der Waals surface area contributed by atoms with Crippen LogP contribution in [0.4, 0.5) is 0 Å². The predicted octanol–water partition coefficient (Wildman–Crippen LogP) is 17.3. The highest BCUT2D eigenvalue weighted by molar-refractivity contribution is 6.82. The average molecular weight is 893 g/mol. The van der Waals surface area contributed by atoms with Crippen molar-refractivity contribution in [3.8, 4) is 0 Å². The normalized spacial score (nSPS) is 23.5. The lowest BCUT2D eigenvalue weighted by molar-refractivity contribution is -0.152. The van der Waals surface area contributed by atoms with Gasteiger partial charge < -0.3 is 9.84 Å². The topological polar surface area (TPSA) is 46.5 Å². The molecule has 5 aliphatic rings. The second-order valence-corrected chi connectivity index (χ2v) is 27.6. The summed E-state index contributed by atoms with van der Waals surface area (Å²) < 4.78 is 6.59. The third-order valence-electron chi connectivity index (χ3n) is 26.2. The molecule has 3 heteroatoms. The Balaban J connectivity index is 1.09. The maximum absolute atomic E-state index is 15.6. The fraction of sp³-hybridized carbons (Fsp3) is 0.145. The van der Waals surface area contributed by atoms with Crippen LogP contribution in [-0.4, -0.2) is 24.3 Å². The van der Waals surface area contributed by atoms with E-state index in [9.17, 15) is 5.11 Å². The number of hydrogen-bond donors (Lipinski definition) is 1. The predicted molar refractivity (Wildman–Crippen MR) is 298 cm³/mol. The van der Waals surface area contributed by atoms with Crippen molar-refractivity contribution in [1.82, 2.24) is 0 Å². The molecule has 310 valence electrons. The summed E-state index contributed by atoms with van der Waals surface area (Å²) in [5.41, 5.74) is 5.16. The van der Waals surface area contributed by atoms with Crippen molar-refractivity contribution in [2.24, 2.45) is 11.3 Å². The van der Waals surface area contributed by atoms with Gasteiger partial charge in [0.2, 0.25) is 0 Å². The van der Waals surface area contributed by atoms with Gasteiger partial charge in [-0.25, -0.2) is 0 Å². The summed E-state index contributed by atoms with van der Waals surface area (Å²) in [6, 6.07) is 0. The first-order valence-electron chi connectivity index (χ1n) is 27.0. The number of carbonyl (C=O) groups excluding carboxylic acids is 1. The van der Waals surface area contributed by atoms with E-state index in [-0.39, 0.29) is 25.1 Å². The maximum atomic E-state index is 15.6. The minimum atomic E-state index is -0.505. The molecule has 0 saturated heterocycles. The van der Waals surface area contributed by atoms with Crippen molar-refractivity contribution < 1.29 is 14.6 Å². The van der Waals surface area contributed by atoms with Crippen LogP contribution in [0.25, 0.3) is 291 Å². The smallest absolute Gasteiger partial charge is 0.309 e. The summed E-state index contributed by atoms with van der Waals surface area (Å²) in [6.45, 7) is 4.27. The molecule has 0 bridgehead atoms. The molecular weight excluding hydrogens is 877 g/mol. The number of aliphatic hydroxyl groups is 1. The number of aliphatic hydroxyl groups excluding tert-OH is 1. The fourth-order valence-electron chi connectivity index (χ4n) is 25.7. The molecule has 0 amide bonds. The van der Waals surface area contributed by atoms with E-state index < -0.39 is 16.2 Å². The Morgan fingerprint density at radius 2 is 0.486 bits per heavy atom. The monoisotopic (exact) mass is 892 g/mol. The molecule has 0 aliphatic heterocycles. The van der Waals surface area contributed by atoms with E-state index >= 15 is 4.79 Å². The molecule has 1 fully saturated rings. The van der Waals surface area contributed by atoms with Gasteiger partial charge in [0.15, 0.2) is 0 Å². The van der Waals surface area contributed by atoms with Gasteiger partial charge in [-0.3, -0.25) is 4.79 Å². The van der Waals surface area contributed by atoms with Gasteiger partial charge >= 0.3 is 5.97 Å². The highest BCUT2D eigenvalue weighted by Crippen LogP contribution is 2.86. The first-order chi connectivity index (χ1) is 35.5. The van der Waals surface area contributed by atoms with E-state index in [1.165, 1.54) is 0 Å². The van der Waals surface area contributed by atoms with E-state index in [0.29, 0.717) is 0 Å². The number of hydrogen-bond acceptors (Lipinski definition) is 3. The number of rotatable bonds is 4. The molecule has 72 heavy (non-hydrogen) atoms. The van der Waals surface area contributed by atoms with Gasteiger partial charge in [-0.05, 0) is 326 Å². The minimum Gasteiger partial charge on any atom is -0.465 e. The Morgan fingerprint density at radius 1 is 0.333 bits per heavy atom. The molecule has 5 aliphatic carbocycles. The van der Waals surface area contributed by atoms with E-state index in [0.717, 1.165) is 12.8 Å². The van der Waals surface area contributed by atoms with Crippen LogP contribution in [0, 0.1) is 11.3 Å². The highest BCUT2D eigenvalue weighted by atomic mass is 16.5. The van der Waals surface area contributed by atoms with Gasteiger partial charge in [-0.1, -0.05) is 13.8 Å². The largest absolute Gasteiger partial charge is 0.465 e. The fourth-order valence-corrected chi connectivity index (χ4v) is 25.7. The van der Waals surface area contributed by atoms with Gasteiger partial charge in [0, 0.05) is 16.2 Å². The molecule has 1 saturated carbocycles. The summed E-state index contributed by atoms with van der Waals surface area (Å²) in [5.74, 6) is -0.327. The van der Waals surface area contributed by atoms with Crippen LogP contribution in [0.1, 0.15) is 48.9 Å². The van der Waals surface area contributed by atoms with Crippen molar-refractivity contribution in [3.63, 3.8) is 0 Å². The van der Waals surface area contributed by atoms with Gasteiger partial charge in [0.1, 0.15) is 0 Å². The Morgan fingerprint density at radius 3 is 0.639 bits per heavy atom. The first kappa shape index (κ1) is 28.1. The maximum Gasteiger partial charge on any atom is 0.309 e. The summed E-state index contributed by atoms with van der Waals surface area (Å²) in [6.07, 6.45) is 1.56. The zero-order chi connectivity index (χ0) is 43.7. The van der Waals surface area contributed by atoms with Crippen LogP contribution in [0.3, 0.4) is 0 Å². The molecule has 1 N–H and O–H groups in total. The summed E-state index contributed by atoms with van der Waals surface area (Å²) in [7, 11) is 0. The molecule has 0 aromatic heterocycles. The van der Waals surface area contributed by atoms with Crippen molar-refractivity contribution in [2.75, 3.05) is 13.2 Å². The van der Waals surface area contributed by atoms with Crippen molar-refractivity contribution in [1.29, 1.82) is 0 Å². The van der Waals surface area contributed by atoms with Crippen LogP contribution in [0.2, 0.25) is 0 Å². The molecule has 0 radical (unpaired) electrons. The zero-order valence-corrected chi connectivity index (χ0v) is 37.7. The third-order valence-corrected chi connectivity index (χ3v) is 26.2. The SMILES string of the molecule is CC(C)(CO)COC(=O)C1CC23c4c5c6c7c8c9c(c%10c%11c2c2c4c4c%12c5c5c6c6c8c8c%13c9c9c%10c%10c%11c%11c2c2c4c4c%12c%12c5c5c6c8c6c8c%13c9c9c%10c%10c%11c2c2c4c4c%12c5c6c5c8c9c%10c2c45)C73C1. The molecule has 0 heterocycles. The first-order valence-corrected chi connectivity index (χ1v) is 27.0. The molecule has 28 aromatic rings. The van der Waals surface area contributed by atoms with E-state index in [4.69, 9.17) is 4.74 Å². The average Bonchev–Trinajstić information content (AvgIpc) is 4.29.